The first-order chi connectivity index (χ1) is 14.2. The molecule has 0 fully saturated rings. The van der Waals surface area contributed by atoms with Crippen LogP contribution in [0, 0.1) is 13.8 Å². The van der Waals surface area contributed by atoms with Crippen molar-refractivity contribution in [3.63, 3.8) is 0 Å². The van der Waals surface area contributed by atoms with E-state index in [-0.39, 0.29) is 0 Å². The van der Waals surface area contributed by atoms with Gasteiger partial charge in [0.25, 0.3) is 0 Å². The zero-order valence-corrected chi connectivity index (χ0v) is 17.2. The number of ether oxygens (including phenoxy) is 1. The van der Waals surface area contributed by atoms with Crippen molar-refractivity contribution >= 4 is 5.96 Å². The Morgan fingerprint density at radius 1 is 1.03 bits per heavy atom. The van der Waals surface area contributed by atoms with E-state index in [0.717, 1.165) is 34.9 Å². The number of hydrogen-bond donors (Lipinski definition) is 2. The summed E-state index contributed by atoms with van der Waals surface area (Å²) in [6.45, 7) is 8.17. The number of aromatic nitrogens is 1. The maximum Gasteiger partial charge on any atom is 0.216 e. The van der Waals surface area contributed by atoms with E-state index in [0.29, 0.717) is 31.5 Å². The first-order valence-electron chi connectivity index (χ1n) is 9.89. The van der Waals surface area contributed by atoms with E-state index in [1.807, 2.05) is 57.2 Å². The van der Waals surface area contributed by atoms with Crippen molar-refractivity contribution in [1.29, 1.82) is 0 Å². The molecule has 0 saturated carbocycles. The van der Waals surface area contributed by atoms with Gasteiger partial charge < -0.3 is 19.8 Å². The Kier molecular flexibility index (Phi) is 7.28. The Hall–Kier alpha value is -3.28. The molecule has 152 valence electrons. The molecule has 29 heavy (non-hydrogen) atoms. The molecule has 0 atom stereocenters. The van der Waals surface area contributed by atoms with Crippen LogP contribution < -0.4 is 15.4 Å². The van der Waals surface area contributed by atoms with Crippen LogP contribution in [-0.2, 0) is 6.54 Å². The number of nitrogens with one attached hydrogen (secondary N) is 2. The standard InChI is InChI=1S/C23H28N4O2/c1-4-24-23(26-16-22-27-17(2)18(3)29-22)25-14-15-28-21-13-9-8-12-20(21)19-10-6-5-7-11-19/h5-13H,4,14-16H2,1-3H3,(H2,24,25,26). The number of rotatable bonds is 8. The van der Waals surface area contributed by atoms with E-state index in [1.165, 1.54) is 0 Å². The molecule has 0 spiro atoms. The summed E-state index contributed by atoms with van der Waals surface area (Å²) in [4.78, 5) is 8.89. The number of aryl methyl sites for hydroxylation is 2. The Morgan fingerprint density at radius 3 is 2.52 bits per heavy atom. The molecule has 0 saturated heterocycles. The van der Waals surface area contributed by atoms with Crippen molar-refractivity contribution in [3.8, 4) is 16.9 Å². The fourth-order valence-corrected chi connectivity index (χ4v) is 2.87. The van der Waals surface area contributed by atoms with Crippen LogP contribution in [0.4, 0.5) is 0 Å². The lowest BCUT2D eigenvalue weighted by molar-refractivity contribution is 0.323. The van der Waals surface area contributed by atoms with Gasteiger partial charge in [-0.2, -0.15) is 0 Å². The lowest BCUT2D eigenvalue weighted by Crippen LogP contribution is -2.39. The van der Waals surface area contributed by atoms with Gasteiger partial charge in [0.15, 0.2) is 5.96 Å². The SMILES string of the molecule is CCNC(=NCc1nc(C)c(C)o1)NCCOc1ccccc1-c1ccccc1. The van der Waals surface area contributed by atoms with Gasteiger partial charge in [-0.05, 0) is 32.4 Å². The van der Waals surface area contributed by atoms with Crippen LogP contribution in [0.1, 0.15) is 24.3 Å². The third-order valence-corrected chi connectivity index (χ3v) is 4.41. The summed E-state index contributed by atoms with van der Waals surface area (Å²) in [5.41, 5.74) is 3.13. The number of benzene rings is 2. The molecule has 0 aliphatic rings. The summed E-state index contributed by atoms with van der Waals surface area (Å²) in [6, 6.07) is 18.3. The highest BCUT2D eigenvalue weighted by Crippen LogP contribution is 2.29. The van der Waals surface area contributed by atoms with Crippen LogP contribution in [0.3, 0.4) is 0 Å². The Bertz CT molecular complexity index is 916. The van der Waals surface area contributed by atoms with E-state index in [4.69, 9.17) is 9.15 Å². The van der Waals surface area contributed by atoms with E-state index in [1.54, 1.807) is 0 Å². The minimum Gasteiger partial charge on any atom is -0.491 e. The van der Waals surface area contributed by atoms with Gasteiger partial charge in [-0.3, -0.25) is 0 Å². The highest BCUT2D eigenvalue weighted by Gasteiger charge is 2.07. The average molecular weight is 393 g/mol. The molecule has 0 radical (unpaired) electrons. The van der Waals surface area contributed by atoms with Crippen molar-refractivity contribution in [2.45, 2.75) is 27.3 Å². The predicted molar refractivity (Wildman–Crippen MR) is 116 cm³/mol. The van der Waals surface area contributed by atoms with Crippen LogP contribution in [0.25, 0.3) is 11.1 Å². The fraction of sp³-hybridized carbons (Fsp3) is 0.304. The van der Waals surface area contributed by atoms with Crippen molar-refractivity contribution < 1.29 is 9.15 Å². The van der Waals surface area contributed by atoms with Crippen LogP contribution in [0.15, 0.2) is 64.0 Å². The number of aliphatic imine (C=N–C) groups is 1. The highest BCUT2D eigenvalue weighted by atomic mass is 16.5. The normalized spacial score (nSPS) is 11.3. The van der Waals surface area contributed by atoms with Gasteiger partial charge >= 0.3 is 0 Å². The van der Waals surface area contributed by atoms with E-state index in [2.05, 4.69) is 38.8 Å². The van der Waals surface area contributed by atoms with Crippen molar-refractivity contribution in [1.82, 2.24) is 15.6 Å². The Balaban J connectivity index is 1.55. The number of nitrogens with zero attached hydrogens (tertiary/aromatic N) is 2. The summed E-state index contributed by atoms with van der Waals surface area (Å²) >= 11 is 0. The molecule has 6 nitrogen and oxygen atoms in total. The first kappa shape index (κ1) is 20.5. The minimum atomic E-state index is 0.391. The second-order valence-electron chi connectivity index (χ2n) is 6.58. The lowest BCUT2D eigenvalue weighted by Gasteiger charge is -2.14. The molecule has 0 aliphatic carbocycles. The lowest BCUT2D eigenvalue weighted by atomic mass is 10.1. The zero-order valence-electron chi connectivity index (χ0n) is 17.2. The number of guanidine groups is 1. The summed E-state index contributed by atoms with van der Waals surface area (Å²) in [6.07, 6.45) is 0. The summed E-state index contributed by atoms with van der Waals surface area (Å²) in [5.74, 6) is 3.03. The second kappa shape index (κ2) is 10.3. The molecule has 1 heterocycles. The maximum absolute atomic E-state index is 6.03. The molecule has 3 aromatic rings. The quantitative estimate of drug-likeness (QED) is 0.343. The van der Waals surface area contributed by atoms with Gasteiger partial charge in [0.1, 0.15) is 24.7 Å². The summed E-state index contributed by atoms with van der Waals surface area (Å²) in [7, 11) is 0. The number of hydrogen-bond acceptors (Lipinski definition) is 4. The largest absolute Gasteiger partial charge is 0.491 e. The Labute approximate surface area is 172 Å². The molecule has 2 N–H and O–H groups in total. The monoisotopic (exact) mass is 392 g/mol. The van der Waals surface area contributed by atoms with Crippen molar-refractivity contribution in [3.05, 3.63) is 71.9 Å². The summed E-state index contributed by atoms with van der Waals surface area (Å²) in [5, 5.41) is 6.51. The minimum absolute atomic E-state index is 0.391. The van der Waals surface area contributed by atoms with Gasteiger partial charge in [0, 0.05) is 12.1 Å². The molecule has 0 amide bonds. The zero-order chi connectivity index (χ0) is 20.5. The fourth-order valence-electron chi connectivity index (χ4n) is 2.87. The van der Waals surface area contributed by atoms with Gasteiger partial charge in [0.2, 0.25) is 5.89 Å². The van der Waals surface area contributed by atoms with E-state index >= 15 is 0 Å². The van der Waals surface area contributed by atoms with Gasteiger partial charge in [-0.15, -0.1) is 0 Å². The molecule has 2 aromatic carbocycles. The predicted octanol–water partition coefficient (Wildman–Crippen LogP) is 4.09. The van der Waals surface area contributed by atoms with Crippen LogP contribution in [0.2, 0.25) is 0 Å². The second-order valence-corrected chi connectivity index (χ2v) is 6.58. The number of para-hydroxylation sites is 1. The smallest absolute Gasteiger partial charge is 0.216 e. The van der Waals surface area contributed by atoms with E-state index in [9.17, 15) is 0 Å². The molecular weight excluding hydrogens is 364 g/mol. The first-order valence-corrected chi connectivity index (χ1v) is 9.89. The van der Waals surface area contributed by atoms with Gasteiger partial charge in [-0.25, -0.2) is 9.98 Å². The molecule has 0 unspecified atom stereocenters. The molecule has 6 heteroatoms. The Morgan fingerprint density at radius 2 is 1.79 bits per heavy atom. The van der Waals surface area contributed by atoms with Gasteiger partial charge in [0.05, 0.1) is 12.2 Å². The third-order valence-electron chi connectivity index (χ3n) is 4.41. The van der Waals surface area contributed by atoms with Crippen molar-refractivity contribution in [2.24, 2.45) is 4.99 Å². The van der Waals surface area contributed by atoms with Gasteiger partial charge in [-0.1, -0.05) is 48.5 Å². The molecular formula is C23H28N4O2. The third kappa shape index (κ3) is 5.85. The number of oxazole rings is 1. The average Bonchev–Trinajstić information content (AvgIpc) is 3.07. The van der Waals surface area contributed by atoms with Crippen molar-refractivity contribution in [2.75, 3.05) is 19.7 Å². The molecule has 1 aromatic heterocycles. The molecule has 0 bridgehead atoms. The maximum atomic E-state index is 6.03. The van der Waals surface area contributed by atoms with Crippen LogP contribution >= 0.6 is 0 Å². The topological polar surface area (TPSA) is 71.7 Å². The summed E-state index contributed by atoms with van der Waals surface area (Å²) < 4.78 is 11.6. The van der Waals surface area contributed by atoms with E-state index < -0.39 is 0 Å². The molecule has 3 rings (SSSR count). The van der Waals surface area contributed by atoms with Crippen LogP contribution in [-0.4, -0.2) is 30.6 Å². The van der Waals surface area contributed by atoms with Crippen LogP contribution in [0.5, 0.6) is 5.75 Å². The molecule has 0 aliphatic heterocycles. The highest BCUT2D eigenvalue weighted by molar-refractivity contribution is 5.79.